The molecule has 0 unspecified atom stereocenters. The second-order valence-electron chi connectivity index (χ2n) is 5.17. The summed E-state index contributed by atoms with van der Waals surface area (Å²) in [6, 6.07) is 13.7. The minimum Gasteiger partial charge on any atom is -0.497 e. The van der Waals surface area contributed by atoms with Crippen LogP contribution < -0.4 is 15.6 Å². The summed E-state index contributed by atoms with van der Waals surface area (Å²) in [4.78, 5) is 31.3. The third-order valence-electron chi connectivity index (χ3n) is 3.49. The normalized spacial score (nSPS) is 10.3. The van der Waals surface area contributed by atoms with Crippen LogP contribution in [0.2, 0.25) is 5.02 Å². The van der Waals surface area contributed by atoms with Gasteiger partial charge >= 0.3 is 0 Å². The van der Waals surface area contributed by atoms with Crippen molar-refractivity contribution in [3.63, 3.8) is 0 Å². The first-order valence-electron chi connectivity index (χ1n) is 7.37. The molecule has 0 saturated carbocycles. The van der Waals surface area contributed by atoms with E-state index in [0.29, 0.717) is 27.8 Å². The highest BCUT2D eigenvalue weighted by Crippen LogP contribution is 2.18. The molecule has 0 saturated heterocycles. The number of nitrogens with zero attached hydrogens (tertiary/aromatic N) is 1. The number of rotatable bonds is 4. The summed E-state index contributed by atoms with van der Waals surface area (Å²) < 4.78 is 5.10. The van der Waals surface area contributed by atoms with Gasteiger partial charge in [0.25, 0.3) is 11.5 Å². The predicted octanol–water partition coefficient (Wildman–Crippen LogP) is 3.35. The quantitative estimate of drug-likeness (QED) is 0.751. The van der Waals surface area contributed by atoms with Crippen LogP contribution in [0.5, 0.6) is 5.75 Å². The fourth-order valence-corrected chi connectivity index (χ4v) is 2.34. The topological polar surface area (TPSA) is 84.1 Å². The molecular weight excluding hydrogens is 342 g/mol. The van der Waals surface area contributed by atoms with Crippen molar-refractivity contribution in [3.05, 3.63) is 75.7 Å². The summed E-state index contributed by atoms with van der Waals surface area (Å²) in [6.45, 7) is 0. The van der Waals surface area contributed by atoms with Gasteiger partial charge in [0.15, 0.2) is 0 Å². The van der Waals surface area contributed by atoms with E-state index in [4.69, 9.17) is 16.3 Å². The molecule has 2 aromatic carbocycles. The number of methoxy groups -OCH3 is 1. The molecule has 2 N–H and O–H groups in total. The van der Waals surface area contributed by atoms with Crippen LogP contribution in [0.1, 0.15) is 10.4 Å². The van der Waals surface area contributed by atoms with Gasteiger partial charge in [0.05, 0.1) is 7.11 Å². The Hall–Kier alpha value is -3.12. The number of halogens is 1. The molecule has 7 heteroatoms. The van der Waals surface area contributed by atoms with Gasteiger partial charge in [-0.25, -0.2) is 4.98 Å². The molecular formula is C18H14ClN3O3. The zero-order valence-corrected chi connectivity index (χ0v) is 14.0. The lowest BCUT2D eigenvalue weighted by atomic mass is 10.2. The van der Waals surface area contributed by atoms with Crippen molar-refractivity contribution in [1.82, 2.24) is 9.97 Å². The highest BCUT2D eigenvalue weighted by atomic mass is 35.5. The Morgan fingerprint density at radius 1 is 1.20 bits per heavy atom. The second kappa shape index (κ2) is 7.19. The van der Waals surface area contributed by atoms with E-state index in [0.717, 1.165) is 0 Å². The monoisotopic (exact) mass is 355 g/mol. The maximum atomic E-state index is 12.3. The first kappa shape index (κ1) is 16.7. The van der Waals surface area contributed by atoms with Crippen LogP contribution in [0, 0.1) is 0 Å². The number of carbonyl (C=O) groups excluding carboxylic acids is 1. The lowest BCUT2D eigenvalue weighted by Crippen LogP contribution is -2.24. The molecule has 0 aliphatic rings. The van der Waals surface area contributed by atoms with E-state index in [1.165, 1.54) is 13.3 Å². The fraction of sp³-hybridized carbons (Fsp3) is 0.0556. The smallest absolute Gasteiger partial charge is 0.264 e. The van der Waals surface area contributed by atoms with Gasteiger partial charge in [-0.3, -0.25) is 9.59 Å². The molecule has 0 radical (unpaired) electrons. The first-order chi connectivity index (χ1) is 12.1. The van der Waals surface area contributed by atoms with Crippen LogP contribution in [0.4, 0.5) is 5.69 Å². The summed E-state index contributed by atoms with van der Waals surface area (Å²) in [5.41, 5.74) is 0.604. The maximum absolute atomic E-state index is 12.3. The number of amides is 1. The predicted molar refractivity (Wildman–Crippen MR) is 96.3 cm³/mol. The van der Waals surface area contributed by atoms with Crippen molar-refractivity contribution >= 4 is 23.2 Å². The average Bonchev–Trinajstić information content (AvgIpc) is 2.62. The number of aromatic nitrogens is 2. The van der Waals surface area contributed by atoms with Gasteiger partial charge in [0.2, 0.25) is 0 Å². The third kappa shape index (κ3) is 3.87. The van der Waals surface area contributed by atoms with Crippen LogP contribution in [0.15, 0.2) is 59.5 Å². The number of carbonyl (C=O) groups is 1. The molecule has 0 atom stereocenters. The van der Waals surface area contributed by atoms with Crippen molar-refractivity contribution in [1.29, 1.82) is 0 Å². The largest absolute Gasteiger partial charge is 0.497 e. The number of H-pyrrole nitrogens is 1. The van der Waals surface area contributed by atoms with Crippen molar-refractivity contribution in [2.75, 3.05) is 12.4 Å². The molecule has 0 aliphatic carbocycles. The van der Waals surface area contributed by atoms with Gasteiger partial charge in [0, 0.05) is 28.5 Å². The Bertz CT molecular complexity index is 968. The van der Waals surface area contributed by atoms with E-state index in [9.17, 15) is 9.59 Å². The Morgan fingerprint density at radius 2 is 1.96 bits per heavy atom. The van der Waals surface area contributed by atoms with Gasteiger partial charge in [-0.05, 0) is 36.4 Å². The molecule has 0 bridgehead atoms. The molecule has 1 aromatic heterocycles. The molecule has 1 heterocycles. The number of nitrogens with one attached hydrogen (secondary N) is 2. The fourth-order valence-electron chi connectivity index (χ4n) is 2.21. The summed E-state index contributed by atoms with van der Waals surface area (Å²) in [5, 5.41) is 3.23. The SMILES string of the molecule is COc1cccc(NC(=O)c2cnc(-c3ccc(Cl)cc3)[nH]c2=O)c1. The summed E-state index contributed by atoms with van der Waals surface area (Å²) in [6.07, 6.45) is 1.25. The van der Waals surface area contributed by atoms with Crippen LogP contribution >= 0.6 is 11.6 Å². The Balaban J connectivity index is 1.83. The van der Waals surface area contributed by atoms with Crippen molar-refractivity contribution in [3.8, 4) is 17.1 Å². The van der Waals surface area contributed by atoms with E-state index in [1.807, 2.05) is 0 Å². The van der Waals surface area contributed by atoms with E-state index in [-0.39, 0.29) is 5.56 Å². The van der Waals surface area contributed by atoms with Crippen molar-refractivity contribution < 1.29 is 9.53 Å². The Morgan fingerprint density at radius 3 is 2.64 bits per heavy atom. The number of anilines is 1. The van der Waals surface area contributed by atoms with Crippen molar-refractivity contribution in [2.24, 2.45) is 0 Å². The lowest BCUT2D eigenvalue weighted by molar-refractivity contribution is 0.102. The third-order valence-corrected chi connectivity index (χ3v) is 3.74. The highest BCUT2D eigenvalue weighted by molar-refractivity contribution is 6.30. The molecule has 3 aromatic rings. The standard InChI is InChI=1S/C18H14ClN3O3/c1-25-14-4-2-3-13(9-14)21-17(23)15-10-20-16(22-18(15)24)11-5-7-12(19)8-6-11/h2-10H,1H3,(H,21,23)(H,20,22,24). The molecule has 25 heavy (non-hydrogen) atoms. The van der Waals surface area contributed by atoms with Crippen LogP contribution in [0.25, 0.3) is 11.4 Å². The minimum atomic E-state index is -0.551. The maximum Gasteiger partial charge on any atom is 0.264 e. The number of aromatic amines is 1. The minimum absolute atomic E-state index is 0.0828. The Labute approximate surface area is 148 Å². The molecule has 6 nitrogen and oxygen atoms in total. The second-order valence-corrected chi connectivity index (χ2v) is 5.60. The van der Waals surface area contributed by atoms with Gasteiger partial charge in [0.1, 0.15) is 17.1 Å². The Kier molecular flexibility index (Phi) is 4.81. The molecule has 0 fully saturated rings. The summed E-state index contributed by atoms with van der Waals surface area (Å²) >= 11 is 5.84. The van der Waals surface area contributed by atoms with Crippen molar-refractivity contribution in [2.45, 2.75) is 0 Å². The van der Waals surface area contributed by atoms with E-state index < -0.39 is 11.5 Å². The summed E-state index contributed by atoms with van der Waals surface area (Å²) in [7, 11) is 1.53. The number of hydrogen-bond donors (Lipinski definition) is 2. The summed E-state index contributed by atoms with van der Waals surface area (Å²) in [5.74, 6) is 0.409. The zero-order chi connectivity index (χ0) is 17.8. The molecule has 0 aliphatic heterocycles. The molecule has 0 spiro atoms. The number of ether oxygens (including phenoxy) is 1. The number of benzene rings is 2. The van der Waals surface area contributed by atoms with Gasteiger partial charge in [-0.1, -0.05) is 17.7 Å². The van der Waals surface area contributed by atoms with Gasteiger partial charge in [-0.2, -0.15) is 0 Å². The number of hydrogen-bond acceptors (Lipinski definition) is 4. The lowest BCUT2D eigenvalue weighted by Gasteiger charge is -2.07. The average molecular weight is 356 g/mol. The van der Waals surface area contributed by atoms with E-state index in [1.54, 1.807) is 48.5 Å². The molecule has 1 amide bonds. The molecule has 126 valence electrons. The first-order valence-corrected chi connectivity index (χ1v) is 7.75. The van der Waals surface area contributed by atoms with Gasteiger partial charge in [-0.15, -0.1) is 0 Å². The van der Waals surface area contributed by atoms with Crippen LogP contribution in [-0.2, 0) is 0 Å². The van der Waals surface area contributed by atoms with Crippen LogP contribution in [-0.4, -0.2) is 23.0 Å². The zero-order valence-electron chi connectivity index (χ0n) is 13.2. The highest BCUT2D eigenvalue weighted by Gasteiger charge is 2.13. The van der Waals surface area contributed by atoms with Crippen LogP contribution in [0.3, 0.4) is 0 Å². The molecule has 3 rings (SSSR count). The van der Waals surface area contributed by atoms with E-state index >= 15 is 0 Å². The van der Waals surface area contributed by atoms with Gasteiger partial charge < -0.3 is 15.0 Å². The van der Waals surface area contributed by atoms with E-state index in [2.05, 4.69) is 15.3 Å².